The zero-order valence-corrected chi connectivity index (χ0v) is 16.1. The molecule has 0 spiro atoms. The van der Waals surface area contributed by atoms with Crippen molar-refractivity contribution in [2.75, 3.05) is 27.4 Å². The molecule has 2 aromatic rings. The normalized spacial score (nSPS) is 12.9. The zero-order chi connectivity index (χ0) is 20.3. The molecule has 0 N–H and O–H groups in total. The van der Waals surface area contributed by atoms with Gasteiger partial charge < -0.3 is 19.1 Å². The van der Waals surface area contributed by atoms with Crippen LogP contribution in [0.2, 0.25) is 0 Å². The van der Waals surface area contributed by atoms with Crippen LogP contribution in [0.15, 0.2) is 24.3 Å². The predicted octanol–water partition coefficient (Wildman–Crippen LogP) is 2.42. The van der Waals surface area contributed by atoms with Crippen LogP contribution >= 0.6 is 11.3 Å². The number of benzene rings is 1. The van der Waals surface area contributed by atoms with Gasteiger partial charge in [0, 0.05) is 19.2 Å². The van der Waals surface area contributed by atoms with Crippen molar-refractivity contribution in [2.45, 2.75) is 13.0 Å². The summed E-state index contributed by atoms with van der Waals surface area (Å²) in [6.07, 6.45) is 0.645. The Morgan fingerprint density at radius 2 is 1.86 bits per heavy atom. The van der Waals surface area contributed by atoms with Gasteiger partial charge in [0.15, 0.2) is 18.1 Å². The molecule has 0 unspecified atom stereocenters. The van der Waals surface area contributed by atoms with Crippen LogP contribution in [-0.4, -0.2) is 49.1 Å². The van der Waals surface area contributed by atoms with E-state index in [0.717, 1.165) is 11.1 Å². The van der Waals surface area contributed by atoms with Crippen molar-refractivity contribution >= 4 is 28.2 Å². The van der Waals surface area contributed by atoms with Gasteiger partial charge in [-0.2, -0.15) is 0 Å². The lowest BCUT2D eigenvalue weighted by Gasteiger charge is -2.29. The average Bonchev–Trinajstić information content (AvgIpc) is 3.21. The number of nitro groups is 1. The largest absolute Gasteiger partial charge is 0.493 e. The van der Waals surface area contributed by atoms with Crippen LogP contribution in [0, 0.1) is 10.1 Å². The lowest BCUT2D eigenvalue weighted by Crippen LogP contribution is -2.38. The van der Waals surface area contributed by atoms with E-state index in [9.17, 15) is 19.7 Å². The second kappa shape index (κ2) is 8.26. The maximum Gasteiger partial charge on any atom is 0.349 e. The van der Waals surface area contributed by atoms with Crippen LogP contribution in [0.25, 0.3) is 0 Å². The molecular formula is C18H18N2O7S. The van der Waals surface area contributed by atoms with Gasteiger partial charge in [-0.1, -0.05) is 11.3 Å². The summed E-state index contributed by atoms with van der Waals surface area (Å²) >= 11 is 0.710. The number of hydrogen-bond donors (Lipinski definition) is 0. The fourth-order valence-corrected chi connectivity index (χ4v) is 3.64. The highest BCUT2D eigenvalue weighted by atomic mass is 32.1. The molecule has 0 atom stereocenters. The van der Waals surface area contributed by atoms with E-state index in [1.807, 2.05) is 12.1 Å². The Morgan fingerprint density at radius 3 is 2.46 bits per heavy atom. The highest BCUT2D eigenvalue weighted by molar-refractivity contribution is 7.17. The molecule has 0 bridgehead atoms. The number of carbonyl (C=O) groups excluding carboxylic acids is 2. The maximum absolute atomic E-state index is 12.4. The first-order valence-electron chi connectivity index (χ1n) is 8.35. The Balaban J connectivity index is 1.61. The third-order valence-corrected chi connectivity index (χ3v) is 5.39. The van der Waals surface area contributed by atoms with E-state index in [1.54, 1.807) is 19.1 Å². The van der Waals surface area contributed by atoms with Crippen LogP contribution in [-0.2, 0) is 22.5 Å². The molecule has 0 saturated heterocycles. The van der Waals surface area contributed by atoms with Crippen molar-refractivity contribution in [3.8, 4) is 11.5 Å². The summed E-state index contributed by atoms with van der Waals surface area (Å²) in [6.45, 7) is 0.438. The topological polar surface area (TPSA) is 108 Å². The van der Waals surface area contributed by atoms with Gasteiger partial charge in [0.05, 0.1) is 19.1 Å². The Morgan fingerprint density at radius 1 is 1.18 bits per heavy atom. The number of thiophene rings is 1. The number of methoxy groups -OCH3 is 2. The van der Waals surface area contributed by atoms with Gasteiger partial charge in [-0.05, 0) is 35.7 Å². The Kier molecular flexibility index (Phi) is 5.78. The molecule has 1 aliphatic rings. The number of hydrogen-bond acceptors (Lipinski definition) is 8. The van der Waals surface area contributed by atoms with Crippen LogP contribution in [0.4, 0.5) is 5.00 Å². The highest BCUT2D eigenvalue weighted by Crippen LogP contribution is 2.33. The van der Waals surface area contributed by atoms with Crippen molar-refractivity contribution in [1.82, 2.24) is 4.90 Å². The van der Waals surface area contributed by atoms with Crippen molar-refractivity contribution in [3.63, 3.8) is 0 Å². The second-order valence-electron chi connectivity index (χ2n) is 6.01. The summed E-state index contributed by atoms with van der Waals surface area (Å²) in [5.41, 5.74) is 2.02. The molecule has 0 fully saturated rings. The molecule has 2 heterocycles. The zero-order valence-electron chi connectivity index (χ0n) is 15.3. The van der Waals surface area contributed by atoms with Gasteiger partial charge in [0.25, 0.3) is 5.91 Å². The van der Waals surface area contributed by atoms with E-state index in [-0.39, 0.29) is 15.8 Å². The minimum atomic E-state index is -0.754. The second-order valence-corrected chi connectivity index (χ2v) is 7.07. The number of esters is 1. The van der Waals surface area contributed by atoms with E-state index in [2.05, 4.69) is 0 Å². The van der Waals surface area contributed by atoms with Crippen LogP contribution in [0.1, 0.15) is 20.8 Å². The van der Waals surface area contributed by atoms with Gasteiger partial charge >= 0.3 is 11.0 Å². The Bertz CT molecular complexity index is 925. The predicted molar refractivity (Wildman–Crippen MR) is 99.9 cm³/mol. The molecule has 9 nitrogen and oxygen atoms in total. The number of amides is 1. The number of carbonyl (C=O) groups is 2. The van der Waals surface area contributed by atoms with Gasteiger partial charge in [-0.25, -0.2) is 4.79 Å². The molecule has 0 aliphatic carbocycles. The fraction of sp³-hybridized carbons (Fsp3) is 0.333. The quantitative estimate of drug-likeness (QED) is 0.412. The van der Waals surface area contributed by atoms with Gasteiger partial charge in [-0.15, -0.1) is 0 Å². The molecule has 1 aromatic carbocycles. The Hall–Kier alpha value is -3.14. The van der Waals surface area contributed by atoms with Crippen LogP contribution in [0.3, 0.4) is 0 Å². The lowest BCUT2D eigenvalue weighted by atomic mass is 9.99. The Labute approximate surface area is 164 Å². The highest BCUT2D eigenvalue weighted by Gasteiger charge is 2.24. The fourth-order valence-electron chi connectivity index (χ4n) is 2.92. The summed E-state index contributed by atoms with van der Waals surface area (Å²) in [5.74, 6) is 0.136. The standard InChI is InChI=1S/C18H18N2O7S/c1-25-13-7-11-5-6-19(9-12(11)8-14(13)26-2)16(21)10-27-18(22)15-3-4-17(28-15)20(23)24/h3-4,7-8H,5-6,9-10H2,1-2H3. The van der Waals surface area contributed by atoms with Crippen molar-refractivity contribution in [1.29, 1.82) is 0 Å². The molecule has 0 radical (unpaired) electrons. The molecule has 1 aliphatic heterocycles. The monoisotopic (exact) mass is 406 g/mol. The number of fused-ring (bicyclic) bond motifs is 1. The number of nitrogens with zero attached hydrogens (tertiary/aromatic N) is 2. The molecule has 0 saturated carbocycles. The molecule has 10 heteroatoms. The minimum Gasteiger partial charge on any atom is -0.493 e. The first-order valence-corrected chi connectivity index (χ1v) is 9.17. The average molecular weight is 406 g/mol. The molecule has 3 rings (SSSR count). The lowest BCUT2D eigenvalue weighted by molar-refractivity contribution is -0.380. The molecule has 148 valence electrons. The van der Waals surface area contributed by atoms with E-state index >= 15 is 0 Å². The van der Waals surface area contributed by atoms with Gasteiger partial charge in [-0.3, -0.25) is 14.9 Å². The minimum absolute atomic E-state index is 0.0836. The summed E-state index contributed by atoms with van der Waals surface area (Å²) in [4.78, 5) is 36.2. The number of rotatable bonds is 6. The first-order chi connectivity index (χ1) is 13.4. The van der Waals surface area contributed by atoms with E-state index in [1.165, 1.54) is 12.1 Å². The van der Waals surface area contributed by atoms with E-state index in [4.69, 9.17) is 14.2 Å². The van der Waals surface area contributed by atoms with Crippen molar-refractivity contribution < 1.29 is 28.7 Å². The molecule has 1 aromatic heterocycles. The maximum atomic E-state index is 12.4. The third kappa shape index (κ3) is 4.06. The first kappa shape index (κ1) is 19.6. The van der Waals surface area contributed by atoms with Crippen LogP contribution in [0.5, 0.6) is 11.5 Å². The van der Waals surface area contributed by atoms with Crippen molar-refractivity contribution in [2.24, 2.45) is 0 Å². The summed E-state index contributed by atoms with van der Waals surface area (Å²) in [5, 5.41) is 10.5. The SMILES string of the molecule is COc1cc2c(cc1OC)CN(C(=O)COC(=O)c1ccc([N+](=O)[O-])s1)CC2. The number of ether oxygens (including phenoxy) is 3. The molecule has 28 heavy (non-hydrogen) atoms. The summed E-state index contributed by atoms with van der Waals surface area (Å²) < 4.78 is 15.6. The molecule has 1 amide bonds. The van der Waals surface area contributed by atoms with E-state index < -0.39 is 17.5 Å². The summed E-state index contributed by atoms with van der Waals surface area (Å²) in [6, 6.07) is 6.28. The smallest absolute Gasteiger partial charge is 0.349 e. The van der Waals surface area contributed by atoms with Crippen molar-refractivity contribution in [3.05, 3.63) is 50.4 Å². The van der Waals surface area contributed by atoms with Gasteiger partial charge in [0.1, 0.15) is 4.88 Å². The van der Waals surface area contributed by atoms with Crippen LogP contribution < -0.4 is 9.47 Å². The molecular weight excluding hydrogens is 388 g/mol. The third-order valence-electron chi connectivity index (χ3n) is 4.37. The van der Waals surface area contributed by atoms with Gasteiger partial charge in [0.2, 0.25) is 0 Å². The van der Waals surface area contributed by atoms with E-state index in [0.29, 0.717) is 42.3 Å². The summed E-state index contributed by atoms with van der Waals surface area (Å²) in [7, 11) is 3.11.